The van der Waals surface area contributed by atoms with Crippen molar-refractivity contribution in [3.63, 3.8) is 0 Å². The Hall–Kier alpha value is -5.77. The summed E-state index contributed by atoms with van der Waals surface area (Å²) in [5.41, 5.74) is 14.5. The molecule has 1 aliphatic heterocycles. The van der Waals surface area contributed by atoms with Crippen LogP contribution in [0, 0.1) is 0 Å². The minimum Gasteiger partial charge on any atom is -0.423 e. The van der Waals surface area contributed by atoms with Gasteiger partial charge in [-0.2, -0.15) is 13.2 Å². The van der Waals surface area contributed by atoms with E-state index >= 15 is 13.2 Å². The monoisotopic (exact) mass is 1220 g/mol. The molecular formula is C75H89F3NO4PS2. The van der Waals surface area contributed by atoms with Gasteiger partial charge < -0.3 is 9.05 Å². The van der Waals surface area contributed by atoms with E-state index in [1.165, 1.54) is 44.5 Å². The van der Waals surface area contributed by atoms with Gasteiger partial charge in [0.1, 0.15) is 11.5 Å². The molecule has 9 rings (SSSR count). The normalized spacial score (nSPS) is 13.9. The lowest BCUT2D eigenvalue weighted by Gasteiger charge is -2.29. The molecule has 1 heterocycles. The molecule has 0 saturated carbocycles. The summed E-state index contributed by atoms with van der Waals surface area (Å²) in [6.07, 6.45) is 0. The molecule has 456 valence electrons. The van der Waals surface area contributed by atoms with Crippen LogP contribution in [0.2, 0.25) is 0 Å². The van der Waals surface area contributed by atoms with Gasteiger partial charge in [-0.1, -0.05) is 236 Å². The minimum absolute atomic E-state index is 0.0775. The average Bonchev–Trinajstić information content (AvgIpc) is 1.33. The highest BCUT2D eigenvalue weighted by molar-refractivity contribution is 8.14. The summed E-state index contributed by atoms with van der Waals surface area (Å²) in [7, 11) is -6.19. The minimum atomic E-state index is -6.19. The van der Waals surface area contributed by atoms with E-state index in [4.69, 9.17) is 20.9 Å². The van der Waals surface area contributed by atoms with Gasteiger partial charge in [0.2, 0.25) is 0 Å². The zero-order chi connectivity index (χ0) is 63.1. The van der Waals surface area contributed by atoms with E-state index in [9.17, 15) is 8.42 Å². The lowest BCUT2D eigenvalue weighted by atomic mass is 9.76. The maximum atomic E-state index is 15.1. The first-order valence-electron chi connectivity index (χ1n) is 31.1. The highest BCUT2D eigenvalue weighted by Crippen LogP contribution is 2.64. The van der Waals surface area contributed by atoms with Crippen LogP contribution in [0.3, 0.4) is 0 Å². The molecule has 86 heavy (non-hydrogen) atoms. The van der Waals surface area contributed by atoms with Crippen LogP contribution in [-0.4, -0.2) is 13.9 Å². The molecule has 8 aromatic rings. The van der Waals surface area contributed by atoms with Crippen molar-refractivity contribution in [2.75, 3.05) is 0 Å². The predicted octanol–water partition coefficient (Wildman–Crippen LogP) is 24.0. The first kappa shape index (κ1) is 64.7. The molecule has 0 atom stereocenters. The molecule has 0 aromatic heterocycles. The second kappa shape index (κ2) is 24.3. The third-order valence-electron chi connectivity index (χ3n) is 17.5. The molecule has 1 aliphatic rings. The van der Waals surface area contributed by atoms with Crippen LogP contribution in [0.15, 0.2) is 109 Å². The molecule has 0 bridgehead atoms. The fourth-order valence-electron chi connectivity index (χ4n) is 12.9. The third-order valence-corrected chi connectivity index (χ3v) is 21.9. The van der Waals surface area contributed by atoms with Crippen molar-refractivity contribution in [1.82, 2.24) is 4.49 Å². The summed E-state index contributed by atoms with van der Waals surface area (Å²) in [4.78, 5) is 0. The Bertz CT molecular complexity index is 3760. The lowest BCUT2D eigenvalue weighted by Crippen LogP contribution is -2.36. The zero-order valence-electron chi connectivity index (χ0n) is 54.2. The molecule has 5 nitrogen and oxygen atoms in total. The largest absolute Gasteiger partial charge is 0.511 e. The van der Waals surface area contributed by atoms with E-state index in [1.54, 1.807) is 0 Å². The summed E-state index contributed by atoms with van der Waals surface area (Å²) in [6.45, 7) is 39.4. The second-order valence-electron chi connectivity index (χ2n) is 27.2. The topological polar surface area (TPSA) is 64.6 Å². The first-order valence-corrected chi connectivity index (χ1v) is 35.2. The van der Waals surface area contributed by atoms with Crippen molar-refractivity contribution in [3.05, 3.63) is 165 Å². The molecule has 11 heteroatoms. The summed E-state index contributed by atoms with van der Waals surface area (Å²) < 4.78 is 89.4. The number of sulfonamides is 1. The van der Waals surface area contributed by atoms with Crippen molar-refractivity contribution in [3.8, 4) is 67.1 Å². The molecule has 0 aliphatic carbocycles. The molecule has 8 aromatic carbocycles. The van der Waals surface area contributed by atoms with Gasteiger partial charge in [-0.3, -0.25) is 0 Å². The number of hydrogen-bond acceptors (Lipinski definition) is 5. The number of benzene rings is 8. The average molecular weight is 1220 g/mol. The van der Waals surface area contributed by atoms with Crippen LogP contribution in [0.1, 0.15) is 253 Å². The molecule has 0 saturated heterocycles. The Morgan fingerprint density at radius 2 is 0.651 bits per heavy atom. The quantitative estimate of drug-likeness (QED) is 0.0977. The van der Waals surface area contributed by atoms with Gasteiger partial charge in [0.05, 0.1) is 0 Å². The van der Waals surface area contributed by atoms with Crippen LogP contribution in [0.4, 0.5) is 13.2 Å². The van der Waals surface area contributed by atoms with Gasteiger partial charge in [-0.05, 0) is 182 Å². The number of halogens is 3. The molecule has 0 amide bonds. The number of alkyl halides is 3. The maximum absolute atomic E-state index is 15.1. The van der Waals surface area contributed by atoms with E-state index in [2.05, 4.69) is 199 Å². The Labute approximate surface area is 517 Å². The number of rotatable bonds is 16. The van der Waals surface area contributed by atoms with Gasteiger partial charge in [-0.15, -0.1) is 4.49 Å². The summed E-state index contributed by atoms with van der Waals surface area (Å²) in [6, 6.07) is 38.7. The molecule has 0 unspecified atom stereocenters. The van der Waals surface area contributed by atoms with Gasteiger partial charge in [0.25, 0.3) is 0 Å². The fraction of sp³-hybridized carbons (Fsp3) is 0.413. The van der Waals surface area contributed by atoms with Crippen molar-refractivity contribution >= 4 is 50.0 Å². The van der Waals surface area contributed by atoms with E-state index in [1.807, 2.05) is 53.0 Å². The summed E-state index contributed by atoms with van der Waals surface area (Å²) in [5.74, 6) is 1.49. The molecule has 1 N–H and O–H groups in total. The van der Waals surface area contributed by atoms with E-state index in [-0.39, 0.29) is 58.8 Å². The first-order chi connectivity index (χ1) is 40.2. The van der Waals surface area contributed by atoms with Crippen molar-refractivity contribution < 1.29 is 30.6 Å². The standard InChI is InChI=1S/C75H89F3NO4PS2/c1-39(2)51-31-57(41(5)6)67(58(32-51)42(7)8)53-35-61(45(13)14)69(62(36-53)46(15)16)65-29-49-25-21-23-27-55(49)71-72-56-28-24-22-26-50(56)30-66(74(72)83-84(85,82-73(65)71)79-86(80,81)75(76,77)78)70-63(47(17)18)37-54(38-64(70)48(19)20)68-59(43(9)10)33-52(40(3)4)34-60(68)44(11)12/h21-48H,1-20H3,(H,79,85). The second-order valence-corrected chi connectivity index (χ2v) is 32.2. The summed E-state index contributed by atoms with van der Waals surface area (Å²) >= 11 is 6.37. The Morgan fingerprint density at radius 1 is 0.384 bits per heavy atom. The van der Waals surface area contributed by atoms with Gasteiger partial charge in [0.15, 0.2) is 0 Å². The maximum Gasteiger partial charge on any atom is 0.511 e. The van der Waals surface area contributed by atoms with Gasteiger partial charge in [0, 0.05) is 34.1 Å². The highest BCUT2D eigenvalue weighted by Gasteiger charge is 2.51. The SMILES string of the molecule is CC(C)c1cc(C(C)C)c(-c2cc(C(C)C)c(-c3cc4ccccc4c4c3OP(=S)(NS(=O)(=O)C(F)(F)F)Oc3c(-c5c(C(C)C)cc(-c6c(C(C)C)cc(C(C)C)cc6C(C)C)cc5C(C)C)cc5ccccc5c3-4)c(C(C)C)c2)c(C(C)C)c1. The Morgan fingerprint density at radius 3 is 0.907 bits per heavy atom. The number of fused-ring (bicyclic) bond motifs is 7. The van der Waals surface area contributed by atoms with Crippen LogP contribution in [-0.2, 0) is 21.8 Å². The molecule has 0 fully saturated rings. The van der Waals surface area contributed by atoms with Crippen LogP contribution >= 0.6 is 6.64 Å². The van der Waals surface area contributed by atoms with Gasteiger partial charge in [-0.25, -0.2) is 8.42 Å². The van der Waals surface area contributed by atoms with Crippen molar-refractivity contribution in [2.24, 2.45) is 0 Å². The van der Waals surface area contributed by atoms with Crippen molar-refractivity contribution in [1.29, 1.82) is 0 Å². The predicted molar refractivity (Wildman–Crippen MR) is 363 cm³/mol. The van der Waals surface area contributed by atoms with Crippen LogP contribution < -0.4 is 13.5 Å². The van der Waals surface area contributed by atoms with E-state index in [0.717, 1.165) is 66.1 Å². The van der Waals surface area contributed by atoms with Crippen LogP contribution in [0.5, 0.6) is 11.5 Å². The Balaban J connectivity index is 1.48. The number of nitrogens with one attached hydrogen (secondary N) is 1. The third kappa shape index (κ3) is 12.0. The molecule has 0 spiro atoms. The smallest absolute Gasteiger partial charge is 0.423 e. The number of hydrogen-bond donors (Lipinski definition) is 1. The van der Waals surface area contributed by atoms with Gasteiger partial charge >= 0.3 is 22.2 Å². The Kier molecular flexibility index (Phi) is 18.3. The highest BCUT2D eigenvalue weighted by atomic mass is 32.5. The van der Waals surface area contributed by atoms with E-state index < -0.39 is 22.2 Å². The van der Waals surface area contributed by atoms with E-state index in [0.29, 0.717) is 34.1 Å². The van der Waals surface area contributed by atoms with Crippen LogP contribution in [0.25, 0.3) is 77.2 Å². The fourth-order valence-corrected chi connectivity index (χ4v) is 17.0. The zero-order valence-corrected chi connectivity index (χ0v) is 56.7. The summed E-state index contributed by atoms with van der Waals surface area (Å²) in [5, 5.41) is 3.16. The molecular weight excluding hydrogens is 1130 g/mol. The lowest BCUT2D eigenvalue weighted by molar-refractivity contribution is -0.0442. The molecule has 0 radical (unpaired) electrons. The van der Waals surface area contributed by atoms with Crippen molar-refractivity contribution in [2.45, 2.75) is 203 Å².